The molecule has 0 radical (unpaired) electrons. The Balaban J connectivity index is 4.48. The normalized spacial score (nSPS) is 14.7. The van der Waals surface area contributed by atoms with E-state index in [4.69, 9.17) is 0 Å². The summed E-state index contributed by atoms with van der Waals surface area (Å²) in [5, 5.41) is 19.8. The van der Waals surface area contributed by atoms with Crippen LogP contribution in [0.3, 0.4) is 0 Å². The molecule has 134 valence electrons. The van der Waals surface area contributed by atoms with Gasteiger partial charge in [-0.15, -0.1) is 0 Å². The van der Waals surface area contributed by atoms with Gasteiger partial charge < -0.3 is 15.7 Å². The van der Waals surface area contributed by atoms with E-state index in [2.05, 4.69) is 46.5 Å². The lowest BCUT2D eigenvalue weighted by Gasteiger charge is -2.21. The number of nitrogens with one attached hydrogen (secondary N) is 4. The van der Waals surface area contributed by atoms with Crippen LogP contribution in [0.5, 0.6) is 0 Å². The van der Waals surface area contributed by atoms with Gasteiger partial charge >= 0.3 is 0 Å². The van der Waals surface area contributed by atoms with Crippen molar-refractivity contribution in [3.63, 3.8) is 0 Å². The number of rotatable bonds is 12. The van der Waals surface area contributed by atoms with E-state index >= 15 is 0 Å². The number of carbonyl (C=O) groups excluding carboxylic acids is 3. The highest BCUT2D eigenvalue weighted by Crippen LogP contribution is 1.95. The molecule has 0 heterocycles. The number of hydrogen-bond acceptors (Lipinski definition) is 8. The van der Waals surface area contributed by atoms with Gasteiger partial charge in [0.05, 0.1) is 18.4 Å². The first kappa shape index (κ1) is 22.2. The maximum absolute atomic E-state index is 11.9. The summed E-state index contributed by atoms with van der Waals surface area (Å²) in [5.41, 5.74) is 0. The number of amides is 2. The van der Waals surface area contributed by atoms with Crippen LogP contribution in [0.4, 0.5) is 0 Å². The molecule has 0 saturated heterocycles. The molecule has 0 spiro atoms. The van der Waals surface area contributed by atoms with Crippen LogP contribution in [0.15, 0.2) is 0 Å². The SMILES string of the molecule is CNC(=O)C(CCS)NC(=O)CNC(NCC(C)O)C(=O)CS. The Bertz CT molecular complexity index is 396. The lowest BCUT2D eigenvalue weighted by atomic mass is 10.2. The van der Waals surface area contributed by atoms with Gasteiger partial charge in [-0.1, -0.05) is 0 Å². The summed E-state index contributed by atoms with van der Waals surface area (Å²) in [6.45, 7) is 1.61. The van der Waals surface area contributed by atoms with Crippen molar-refractivity contribution < 1.29 is 19.5 Å². The molecule has 0 aromatic rings. The minimum absolute atomic E-state index is 0.00733. The first-order valence-electron chi connectivity index (χ1n) is 7.25. The highest BCUT2D eigenvalue weighted by atomic mass is 32.1. The minimum atomic E-state index is -0.795. The number of aliphatic hydroxyl groups excluding tert-OH is 1. The van der Waals surface area contributed by atoms with Crippen molar-refractivity contribution in [3.05, 3.63) is 0 Å². The zero-order valence-electron chi connectivity index (χ0n) is 13.3. The first-order chi connectivity index (χ1) is 10.8. The molecule has 0 fully saturated rings. The zero-order chi connectivity index (χ0) is 17.8. The molecule has 0 bridgehead atoms. The maximum Gasteiger partial charge on any atom is 0.242 e. The monoisotopic (exact) mass is 366 g/mol. The van der Waals surface area contributed by atoms with Gasteiger partial charge in [-0.2, -0.15) is 25.3 Å². The molecule has 10 heteroatoms. The summed E-state index contributed by atoms with van der Waals surface area (Å²) in [6.07, 6.45) is -1.03. The topological polar surface area (TPSA) is 120 Å². The fourth-order valence-corrected chi connectivity index (χ4v) is 2.13. The molecule has 23 heavy (non-hydrogen) atoms. The van der Waals surface area contributed by atoms with Gasteiger partial charge in [0.15, 0.2) is 5.78 Å². The van der Waals surface area contributed by atoms with E-state index in [9.17, 15) is 19.5 Å². The Morgan fingerprint density at radius 3 is 2.30 bits per heavy atom. The molecule has 0 rings (SSSR count). The second kappa shape index (κ2) is 12.6. The van der Waals surface area contributed by atoms with Crippen molar-refractivity contribution in [3.8, 4) is 0 Å². The van der Waals surface area contributed by atoms with Crippen molar-refractivity contribution in [1.82, 2.24) is 21.3 Å². The van der Waals surface area contributed by atoms with E-state index in [0.717, 1.165) is 0 Å². The number of ketones is 1. The summed E-state index contributed by atoms with van der Waals surface area (Å²) in [5.74, 6) is -0.534. The molecule has 8 nitrogen and oxygen atoms in total. The molecule has 0 aromatic heterocycles. The summed E-state index contributed by atoms with van der Waals surface area (Å²) in [4.78, 5) is 35.3. The van der Waals surface area contributed by atoms with Crippen molar-refractivity contribution in [1.29, 1.82) is 0 Å². The first-order valence-corrected chi connectivity index (χ1v) is 8.52. The second-order valence-electron chi connectivity index (χ2n) is 4.94. The van der Waals surface area contributed by atoms with Crippen molar-refractivity contribution in [2.75, 3.05) is 31.6 Å². The van der Waals surface area contributed by atoms with E-state index in [-0.39, 0.29) is 30.5 Å². The lowest BCUT2D eigenvalue weighted by molar-refractivity contribution is -0.128. The third kappa shape index (κ3) is 9.82. The van der Waals surface area contributed by atoms with E-state index < -0.39 is 24.2 Å². The van der Waals surface area contributed by atoms with Gasteiger partial charge in [0, 0.05) is 13.6 Å². The third-order valence-corrected chi connectivity index (χ3v) is 3.45. The molecule has 0 aliphatic carbocycles. The molecule has 0 saturated carbocycles. The van der Waals surface area contributed by atoms with Crippen molar-refractivity contribution in [2.45, 2.75) is 31.7 Å². The smallest absolute Gasteiger partial charge is 0.242 e. The Morgan fingerprint density at radius 1 is 1.17 bits per heavy atom. The quantitative estimate of drug-likeness (QED) is 0.157. The number of thiol groups is 2. The predicted octanol–water partition coefficient (Wildman–Crippen LogP) is -2.08. The lowest BCUT2D eigenvalue weighted by Crippen LogP contribution is -2.55. The molecule has 3 atom stereocenters. The van der Waals surface area contributed by atoms with Gasteiger partial charge in [-0.25, -0.2) is 0 Å². The zero-order valence-corrected chi connectivity index (χ0v) is 15.1. The molecular formula is C13H26N4O4S2. The molecule has 5 N–H and O–H groups in total. The van der Waals surface area contributed by atoms with Gasteiger partial charge in [0.1, 0.15) is 12.2 Å². The van der Waals surface area contributed by atoms with Crippen molar-refractivity contribution >= 4 is 42.9 Å². The van der Waals surface area contributed by atoms with Gasteiger partial charge in [0.25, 0.3) is 0 Å². The minimum Gasteiger partial charge on any atom is -0.392 e. The summed E-state index contributed by atoms with van der Waals surface area (Å²) in [7, 11) is 1.49. The largest absolute Gasteiger partial charge is 0.392 e. The average molecular weight is 367 g/mol. The van der Waals surface area contributed by atoms with E-state index in [1.54, 1.807) is 6.92 Å². The van der Waals surface area contributed by atoms with Crippen LogP contribution in [0.25, 0.3) is 0 Å². The second-order valence-corrected chi connectivity index (χ2v) is 5.71. The average Bonchev–Trinajstić information content (AvgIpc) is 2.52. The van der Waals surface area contributed by atoms with Crippen LogP contribution in [0.2, 0.25) is 0 Å². The number of hydrogen-bond donors (Lipinski definition) is 7. The predicted molar refractivity (Wildman–Crippen MR) is 94.8 cm³/mol. The molecule has 0 aliphatic rings. The third-order valence-electron chi connectivity index (χ3n) is 2.88. The van der Waals surface area contributed by atoms with Crippen LogP contribution >= 0.6 is 25.3 Å². The van der Waals surface area contributed by atoms with Gasteiger partial charge in [-0.05, 0) is 19.1 Å². The summed E-state index contributed by atoms with van der Waals surface area (Å²) < 4.78 is 0. The maximum atomic E-state index is 11.9. The number of Topliss-reactive ketones (excluding diaryl/α,β-unsaturated/α-hetero) is 1. The van der Waals surface area contributed by atoms with E-state index in [0.29, 0.717) is 12.2 Å². The number of carbonyl (C=O) groups is 3. The summed E-state index contributed by atoms with van der Waals surface area (Å²) in [6, 6.07) is -0.670. The highest BCUT2D eigenvalue weighted by molar-refractivity contribution is 7.81. The van der Waals surface area contributed by atoms with Crippen LogP contribution in [0, 0.1) is 0 Å². The van der Waals surface area contributed by atoms with E-state index in [1.165, 1.54) is 7.05 Å². The van der Waals surface area contributed by atoms with Gasteiger partial charge in [-0.3, -0.25) is 25.0 Å². The van der Waals surface area contributed by atoms with Crippen LogP contribution in [-0.4, -0.2) is 72.7 Å². The van der Waals surface area contributed by atoms with Gasteiger partial charge in [0.2, 0.25) is 11.8 Å². The fraction of sp³-hybridized carbons (Fsp3) is 0.769. The molecule has 0 aromatic carbocycles. The molecular weight excluding hydrogens is 340 g/mol. The molecule has 3 unspecified atom stereocenters. The van der Waals surface area contributed by atoms with Crippen molar-refractivity contribution in [2.24, 2.45) is 0 Å². The standard InChI is InChI=1S/C13H26N4O4S2/c1-8(18)5-15-12(10(19)7-23)16-6-11(20)17-9(3-4-22)13(21)14-2/h8-9,12,15-16,18,22-23H,3-7H2,1-2H3,(H,14,21)(H,17,20). The van der Waals surface area contributed by atoms with E-state index in [1.807, 2.05) is 0 Å². The Labute approximate surface area is 147 Å². The highest BCUT2D eigenvalue weighted by Gasteiger charge is 2.21. The molecule has 2 amide bonds. The number of aliphatic hydroxyl groups is 1. The molecule has 0 aliphatic heterocycles. The Morgan fingerprint density at radius 2 is 1.83 bits per heavy atom. The fourth-order valence-electron chi connectivity index (χ4n) is 1.69. The van der Waals surface area contributed by atoms with Crippen LogP contribution < -0.4 is 21.3 Å². The Kier molecular flexibility index (Phi) is 12.1. The summed E-state index contributed by atoms with van der Waals surface area (Å²) >= 11 is 7.97. The number of likely N-dealkylation sites (N-methyl/N-ethyl adjacent to an activating group) is 1. The van der Waals surface area contributed by atoms with Crippen LogP contribution in [-0.2, 0) is 14.4 Å². The van der Waals surface area contributed by atoms with Crippen LogP contribution in [0.1, 0.15) is 13.3 Å². The Hall–Kier alpha value is -0.810.